The van der Waals surface area contributed by atoms with Crippen LogP contribution in [0, 0.1) is 10.1 Å². The minimum absolute atomic E-state index is 0.0248. The van der Waals surface area contributed by atoms with E-state index in [1.54, 1.807) is 25.7 Å². The minimum Gasteiger partial charge on any atom is -0.487 e. The predicted molar refractivity (Wildman–Crippen MR) is 109 cm³/mol. The summed E-state index contributed by atoms with van der Waals surface area (Å²) in [7, 11) is 1.61. The third kappa shape index (κ3) is 6.21. The molecular formula is C20H22N2O6S. The molecule has 0 aliphatic carbocycles. The number of amides is 1. The standard InChI is InChI=1S/C20H22N2O6S/c1-4-27-18-10-7-15(11-17(18)22(25)26)20(24)28-13-19(23)21(2)12-14-5-8-16(29-3)9-6-14/h5-11H,4,12-13H2,1-3H3. The fourth-order valence-electron chi connectivity index (χ4n) is 2.48. The molecule has 9 heteroatoms. The van der Waals surface area contributed by atoms with Gasteiger partial charge in [0.15, 0.2) is 12.4 Å². The average molecular weight is 418 g/mol. The molecule has 0 bridgehead atoms. The Morgan fingerprint density at radius 3 is 2.45 bits per heavy atom. The van der Waals surface area contributed by atoms with Gasteiger partial charge in [0, 0.05) is 24.6 Å². The molecule has 0 heterocycles. The van der Waals surface area contributed by atoms with E-state index in [2.05, 4.69) is 0 Å². The summed E-state index contributed by atoms with van der Waals surface area (Å²) in [5.74, 6) is -1.13. The Labute approximate surface area is 172 Å². The van der Waals surface area contributed by atoms with Crippen molar-refractivity contribution in [1.82, 2.24) is 4.90 Å². The van der Waals surface area contributed by atoms with Crippen molar-refractivity contribution in [3.8, 4) is 5.75 Å². The van der Waals surface area contributed by atoms with Crippen molar-refractivity contribution in [1.29, 1.82) is 0 Å². The summed E-state index contributed by atoms with van der Waals surface area (Å²) in [6.07, 6.45) is 1.98. The Morgan fingerprint density at radius 1 is 1.17 bits per heavy atom. The molecule has 8 nitrogen and oxygen atoms in total. The molecule has 0 unspecified atom stereocenters. The van der Waals surface area contributed by atoms with Crippen molar-refractivity contribution in [2.24, 2.45) is 0 Å². The van der Waals surface area contributed by atoms with Crippen LogP contribution >= 0.6 is 11.8 Å². The fraction of sp³-hybridized carbons (Fsp3) is 0.300. The normalized spacial score (nSPS) is 10.3. The Kier molecular flexibility index (Phi) is 8.02. The molecule has 0 aliphatic rings. The largest absolute Gasteiger partial charge is 0.487 e. The summed E-state index contributed by atoms with van der Waals surface area (Å²) >= 11 is 1.63. The van der Waals surface area contributed by atoms with E-state index in [0.29, 0.717) is 6.54 Å². The lowest BCUT2D eigenvalue weighted by Crippen LogP contribution is -2.30. The average Bonchev–Trinajstić information content (AvgIpc) is 2.72. The van der Waals surface area contributed by atoms with Crippen LogP contribution in [0.1, 0.15) is 22.8 Å². The first-order valence-electron chi connectivity index (χ1n) is 8.81. The topological polar surface area (TPSA) is 99.0 Å². The zero-order valence-electron chi connectivity index (χ0n) is 16.4. The van der Waals surface area contributed by atoms with Gasteiger partial charge < -0.3 is 14.4 Å². The van der Waals surface area contributed by atoms with Gasteiger partial charge in [0.05, 0.1) is 17.1 Å². The molecule has 0 radical (unpaired) electrons. The number of thioether (sulfide) groups is 1. The number of rotatable bonds is 9. The van der Waals surface area contributed by atoms with Crippen LogP contribution in [0.5, 0.6) is 5.75 Å². The maximum absolute atomic E-state index is 12.2. The quantitative estimate of drug-likeness (QED) is 0.266. The van der Waals surface area contributed by atoms with Crippen LogP contribution in [-0.2, 0) is 16.1 Å². The Balaban J connectivity index is 1.95. The molecule has 0 saturated heterocycles. The van der Waals surface area contributed by atoms with Gasteiger partial charge in [0.1, 0.15) is 0 Å². The molecule has 0 aromatic heterocycles. The zero-order valence-corrected chi connectivity index (χ0v) is 17.2. The number of nitro groups is 1. The number of carbonyl (C=O) groups is 2. The van der Waals surface area contributed by atoms with Crippen molar-refractivity contribution < 1.29 is 24.0 Å². The molecule has 154 valence electrons. The van der Waals surface area contributed by atoms with Crippen LogP contribution in [-0.4, -0.2) is 48.2 Å². The first-order valence-corrected chi connectivity index (χ1v) is 10.0. The van der Waals surface area contributed by atoms with E-state index in [0.717, 1.165) is 16.5 Å². The van der Waals surface area contributed by atoms with Crippen LogP contribution < -0.4 is 4.74 Å². The molecule has 0 spiro atoms. The van der Waals surface area contributed by atoms with Crippen molar-refractivity contribution in [2.75, 3.05) is 26.5 Å². The number of esters is 1. The second-order valence-corrected chi connectivity index (χ2v) is 6.93. The summed E-state index contributed by atoms with van der Waals surface area (Å²) in [6, 6.07) is 11.6. The predicted octanol–water partition coefficient (Wildman–Crippen LogP) is 3.53. The number of likely N-dealkylation sites (N-methyl/N-ethyl adjacent to an activating group) is 1. The van der Waals surface area contributed by atoms with Gasteiger partial charge >= 0.3 is 11.7 Å². The number of hydrogen-bond donors (Lipinski definition) is 0. The molecule has 0 atom stereocenters. The number of carbonyl (C=O) groups excluding carboxylic acids is 2. The van der Waals surface area contributed by atoms with E-state index in [-0.39, 0.29) is 29.5 Å². The van der Waals surface area contributed by atoms with Crippen molar-refractivity contribution >= 4 is 29.3 Å². The second-order valence-electron chi connectivity index (χ2n) is 6.05. The summed E-state index contributed by atoms with van der Waals surface area (Å²) < 4.78 is 10.2. The summed E-state index contributed by atoms with van der Waals surface area (Å²) in [4.78, 5) is 37.5. The van der Waals surface area contributed by atoms with Crippen LogP contribution in [0.2, 0.25) is 0 Å². The molecule has 0 fully saturated rings. The van der Waals surface area contributed by atoms with Gasteiger partial charge in [-0.15, -0.1) is 11.8 Å². The maximum atomic E-state index is 12.2. The molecule has 1 amide bonds. The van der Waals surface area contributed by atoms with E-state index in [9.17, 15) is 19.7 Å². The highest BCUT2D eigenvalue weighted by atomic mass is 32.2. The lowest BCUT2D eigenvalue weighted by Gasteiger charge is -2.17. The number of nitro benzene ring substituents is 1. The lowest BCUT2D eigenvalue weighted by atomic mass is 10.2. The molecule has 29 heavy (non-hydrogen) atoms. The first-order chi connectivity index (χ1) is 13.8. The van der Waals surface area contributed by atoms with Gasteiger partial charge in [-0.25, -0.2) is 4.79 Å². The van der Waals surface area contributed by atoms with Gasteiger partial charge in [0.25, 0.3) is 5.91 Å². The molecule has 2 aromatic carbocycles. The number of nitrogens with zero attached hydrogens (tertiary/aromatic N) is 2. The number of benzene rings is 2. The van der Waals surface area contributed by atoms with Crippen LogP contribution in [0.25, 0.3) is 0 Å². The van der Waals surface area contributed by atoms with Crippen molar-refractivity contribution in [3.63, 3.8) is 0 Å². The number of hydrogen-bond acceptors (Lipinski definition) is 7. The molecule has 2 rings (SSSR count). The fourth-order valence-corrected chi connectivity index (χ4v) is 2.89. The van der Waals surface area contributed by atoms with Crippen LogP contribution in [0.4, 0.5) is 5.69 Å². The van der Waals surface area contributed by atoms with Crippen LogP contribution in [0.3, 0.4) is 0 Å². The lowest BCUT2D eigenvalue weighted by molar-refractivity contribution is -0.385. The molecule has 0 saturated carbocycles. The molecule has 0 N–H and O–H groups in total. The Hall–Kier alpha value is -3.07. The first kappa shape index (κ1) is 22.2. The molecular weight excluding hydrogens is 396 g/mol. The highest BCUT2D eigenvalue weighted by Gasteiger charge is 2.20. The van der Waals surface area contributed by atoms with Gasteiger partial charge in [-0.1, -0.05) is 12.1 Å². The van der Waals surface area contributed by atoms with Crippen molar-refractivity contribution in [3.05, 3.63) is 63.7 Å². The second kappa shape index (κ2) is 10.5. The third-order valence-electron chi connectivity index (χ3n) is 4.02. The highest BCUT2D eigenvalue weighted by Crippen LogP contribution is 2.28. The Morgan fingerprint density at radius 2 is 1.86 bits per heavy atom. The maximum Gasteiger partial charge on any atom is 0.338 e. The molecule has 0 aliphatic heterocycles. The summed E-state index contributed by atoms with van der Waals surface area (Å²) in [5, 5.41) is 11.2. The van der Waals surface area contributed by atoms with E-state index in [1.807, 2.05) is 30.5 Å². The minimum atomic E-state index is -0.817. The van der Waals surface area contributed by atoms with E-state index < -0.39 is 17.5 Å². The monoisotopic (exact) mass is 418 g/mol. The third-order valence-corrected chi connectivity index (χ3v) is 4.77. The van der Waals surface area contributed by atoms with Gasteiger partial charge in [-0.2, -0.15) is 0 Å². The summed E-state index contributed by atoms with van der Waals surface area (Å²) in [6.45, 7) is 1.87. The molecule has 2 aromatic rings. The van der Waals surface area contributed by atoms with E-state index in [4.69, 9.17) is 9.47 Å². The number of ether oxygens (including phenoxy) is 2. The SMILES string of the molecule is CCOc1ccc(C(=O)OCC(=O)N(C)Cc2ccc(SC)cc2)cc1[N+](=O)[O-]. The Bertz CT molecular complexity index is 885. The van der Waals surface area contributed by atoms with Crippen LogP contribution in [0.15, 0.2) is 47.4 Å². The van der Waals surface area contributed by atoms with E-state index in [1.165, 1.54) is 17.0 Å². The highest BCUT2D eigenvalue weighted by molar-refractivity contribution is 7.98. The zero-order chi connectivity index (χ0) is 21.4. The van der Waals surface area contributed by atoms with E-state index >= 15 is 0 Å². The van der Waals surface area contributed by atoms with Gasteiger partial charge in [0.2, 0.25) is 0 Å². The van der Waals surface area contributed by atoms with Crippen molar-refractivity contribution in [2.45, 2.75) is 18.4 Å². The van der Waals surface area contributed by atoms with Gasteiger partial charge in [-0.05, 0) is 43.0 Å². The smallest absolute Gasteiger partial charge is 0.338 e. The summed E-state index contributed by atoms with van der Waals surface area (Å²) in [5.41, 5.74) is 0.591. The van der Waals surface area contributed by atoms with Gasteiger partial charge in [-0.3, -0.25) is 14.9 Å².